The Hall–Kier alpha value is -3.01. The monoisotopic (exact) mass is 440 g/mol. The van der Waals surface area contributed by atoms with Crippen molar-refractivity contribution in [1.82, 2.24) is 10.2 Å². The molecule has 3 aromatic rings. The Kier molecular flexibility index (Phi) is 5.97. The van der Waals surface area contributed by atoms with Crippen LogP contribution < -0.4 is 4.74 Å². The average molecular weight is 441 g/mol. The van der Waals surface area contributed by atoms with Crippen molar-refractivity contribution in [3.8, 4) is 17.4 Å². The zero-order valence-corrected chi connectivity index (χ0v) is 15.1. The fourth-order valence-electron chi connectivity index (χ4n) is 1.95. The summed E-state index contributed by atoms with van der Waals surface area (Å²) in [7, 11) is 0. The van der Waals surface area contributed by atoms with E-state index in [1.807, 2.05) is 0 Å². The number of esters is 1. The number of carbonyl (C=O) groups excluding carboxylic acids is 1. The molecule has 0 radical (unpaired) electrons. The fraction of sp³-hybridized carbons (Fsp3) is 0.118. The number of aromatic nitrogens is 2. The molecule has 0 aliphatic rings. The van der Waals surface area contributed by atoms with Crippen LogP contribution in [0.3, 0.4) is 0 Å². The summed E-state index contributed by atoms with van der Waals surface area (Å²) >= 11 is 3.16. The summed E-state index contributed by atoms with van der Waals surface area (Å²) in [6.45, 7) is -3.10. The maximum absolute atomic E-state index is 12.1. The van der Waals surface area contributed by atoms with E-state index in [4.69, 9.17) is 13.6 Å². The van der Waals surface area contributed by atoms with Crippen molar-refractivity contribution in [3.63, 3.8) is 0 Å². The molecule has 0 fully saturated rings. The summed E-state index contributed by atoms with van der Waals surface area (Å²) in [5.74, 6) is 0.0381. The Balaban J connectivity index is 1.51. The molecule has 2 heterocycles. The van der Waals surface area contributed by atoms with Crippen LogP contribution in [0.1, 0.15) is 11.5 Å². The number of halogens is 3. The lowest BCUT2D eigenvalue weighted by molar-refractivity contribution is -0.139. The number of ether oxygens (including phenoxy) is 2. The molecule has 1 aromatic carbocycles. The Morgan fingerprint density at radius 1 is 1.15 bits per heavy atom. The second kappa shape index (κ2) is 8.58. The summed E-state index contributed by atoms with van der Waals surface area (Å²) in [6, 6.07) is 9.10. The van der Waals surface area contributed by atoms with Crippen LogP contribution in [0.4, 0.5) is 8.78 Å². The van der Waals surface area contributed by atoms with Crippen molar-refractivity contribution in [2.45, 2.75) is 13.2 Å². The maximum Gasteiger partial charge on any atom is 0.387 e. The highest BCUT2D eigenvalue weighted by molar-refractivity contribution is 9.10. The molecule has 0 aliphatic heterocycles. The Bertz CT molecular complexity index is 937. The molecule has 140 valence electrons. The number of nitrogens with zero attached hydrogens (tertiary/aromatic N) is 2. The van der Waals surface area contributed by atoms with Crippen molar-refractivity contribution < 1.29 is 31.9 Å². The first-order chi connectivity index (χ1) is 13.0. The minimum Gasteiger partial charge on any atom is -0.452 e. The van der Waals surface area contributed by atoms with Gasteiger partial charge < -0.3 is 18.3 Å². The van der Waals surface area contributed by atoms with Crippen molar-refractivity contribution in [3.05, 3.63) is 58.6 Å². The van der Waals surface area contributed by atoms with Gasteiger partial charge in [0.2, 0.25) is 0 Å². The third-order valence-corrected chi connectivity index (χ3v) is 3.53. The molecule has 2 aromatic heterocycles. The van der Waals surface area contributed by atoms with Gasteiger partial charge in [-0.05, 0) is 51.8 Å². The molecule has 0 N–H and O–H groups in total. The van der Waals surface area contributed by atoms with Gasteiger partial charge in [0, 0.05) is 6.08 Å². The smallest absolute Gasteiger partial charge is 0.387 e. The zero-order chi connectivity index (χ0) is 19.2. The highest BCUT2D eigenvalue weighted by Gasteiger charge is 2.13. The van der Waals surface area contributed by atoms with E-state index in [2.05, 4.69) is 30.9 Å². The Labute approximate surface area is 159 Å². The van der Waals surface area contributed by atoms with E-state index in [0.29, 0.717) is 16.0 Å². The van der Waals surface area contributed by atoms with E-state index in [1.54, 1.807) is 12.1 Å². The van der Waals surface area contributed by atoms with Crippen molar-refractivity contribution in [2.75, 3.05) is 0 Å². The standard InChI is InChI=1S/C17H11BrF2N2O5/c18-13-7-6-12(26-13)16-22-21-14(27-16)9-24-15(23)8-3-10-1-4-11(5-2-10)25-17(19)20/h1-8,17H,9H2/b8-3+. The molecule has 0 atom stereocenters. The van der Waals surface area contributed by atoms with Crippen molar-refractivity contribution in [1.29, 1.82) is 0 Å². The quantitative estimate of drug-likeness (QED) is 0.396. The predicted octanol–water partition coefficient (Wildman–Crippen LogP) is 4.45. The highest BCUT2D eigenvalue weighted by atomic mass is 79.9. The van der Waals surface area contributed by atoms with Crippen LogP contribution in [0.25, 0.3) is 17.7 Å². The zero-order valence-electron chi connectivity index (χ0n) is 13.5. The molecular formula is C17H11BrF2N2O5. The van der Waals surface area contributed by atoms with Gasteiger partial charge in [-0.25, -0.2) is 4.79 Å². The minimum absolute atomic E-state index is 0.0283. The molecule has 10 heteroatoms. The van der Waals surface area contributed by atoms with Gasteiger partial charge in [0.15, 0.2) is 17.0 Å². The van der Waals surface area contributed by atoms with Crippen molar-refractivity contribution >= 4 is 28.0 Å². The Morgan fingerprint density at radius 3 is 2.59 bits per heavy atom. The van der Waals surface area contributed by atoms with Crippen molar-refractivity contribution in [2.24, 2.45) is 0 Å². The second-order valence-corrected chi connectivity index (χ2v) is 5.77. The molecule has 0 amide bonds. The largest absolute Gasteiger partial charge is 0.452 e. The third-order valence-electron chi connectivity index (χ3n) is 3.11. The molecule has 0 bridgehead atoms. The van der Waals surface area contributed by atoms with E-state index in [0.717, 1.165) is 0 Å². The molecule has 7 nitrogen and oxygen atoms in total. The van der Waals surface area contributed by atoms with Gasteiger partial charge in [0.1, 0.15) is 5.75 Å². The molecule has 0 unspecified atom stereocenters. The van der Waals surface area contributed by atoms with Gasteiger partial charge in [0.25, 0.3) is 11.8 Å². The number of hydrogen-bond donors (Lipinski definition) is 0. The highest BCUT2D eigenvalue weighted by Crippen LogP contribution is 2.23. The van der Waals surface area contributed by atoms with Crippen LogP contribution in [0.5, 0.6) is 5.75 Å². The number of benzene rings is 1. The number of rotatable bonds is 7. The van der Waals surface area contributed by atoms with Gasteiger partial charge in [-0.1, -0.05) is 12.1 Å². The van der Waals surface area contributed by atoms with E-state index in [9.17, 15) is 13.6 Å². The number of furan rings is 1. The lowest BCUT2D eigenvalue weighted by Gasteiger charge is -2.03. The van der Waals surface area contributed by atoms with Gasteiger partial charge in [-0.15, -0.1) is 10.2 Å². The van der Waals surface area contributed by atoms with E-state index >= 15 is 0 Å². The van der Waals surface area contributed by atoms with Gasteiger partial charge in [-0.3, -0.25) is 0 Å². The number of hydrogen-bond acceptors (Lipinski definition) is 7. The van der Waals surface area contributed by atoms with Crippen LogP contribution in [0.15, 0.2) is 56.0 Å². The summed E-state index contributed by atoms with van der Waals surface area (Å²) in [5, 5.41) is 7.55. The topological polar surface area (TPSA) is 87.6 Å². The van der Waals surface area contributed by atoms with E-state index in [1.165, 1.54) is 36.4 Å². The van der Waals surface area contributed by atoms with E-state index in [-0.39, 0.29) is 24.1 Å². The molecule has 0 spiro atoms. The lowest BCUT2D eigenvalue weighted by atomic mass is 10.2. The molecule has 0 saturated heterocycles. The number of alkyl halides is 2. The van der Waals surface area contributed by atoms with Crippen LogP contribution in [-0.2, 0) is 16.1 Å². The Morgan fingerprint density at radius 2 is 1.93 bits per heavy atom. The summed E-state index contributed by atoms with van der Waals surface area (Å²) in [4.78, 5) is 11.7. The first-order valence-electron chi connectivity index (χ1n) is 7.47. The number of carbonyl (C=O) groups is 1. The molecule has 0 saturated carbocycles. The lowest BCUT2D eigenvalue weighted by Crippen LogP contribution is -2.01. The summed E-state index contributed by atoms with van der Waals surface area (Å²) in [5.41, 5.74) is 0.608. The predicted molar refractivity (Wildman–Crippen MR) is 91.6 cm³/mol. The minimum atomic E-state index is -2.89. The van der Waals surface area contributed by atoms with Gasteiger partial charge in [-0.2, -0.15) is 8.78 Å². The second-order valence-electron chi connectivity index (χ2n) is 4.99. The molecule has 0 aliphatic carbocycles. The third kappa shape index (κ3) is 5.48. The molecular weight excluding hydrogens is 430 g/mol. The molecule has 27 heavy (non-hydrogen) atoms. The first kappa shape index (κ1) is 18.8. The molecule has 3 rings (SSSR count). The van der Waals surface area contributed by atoms with Crippen LogP contribution in [0.2, 0.25) is 0 Å². The van der Waals surface area contributed by atoms with E-state index < -0.39 is 12.6 Å². The summed E-state index contributed by atoms with van der Waals surface area (Å²) < 4.78 is 44.5. The van der Waals surface area contributed by atoms with Crippen LogP contribution in [0, 0.1) is 0 Å². The van der Waals surface area contributed by atoms with Gasteiger partial charge in [0.05, 0.1) is 0 Å². The van der Waals surface area contributed by atoms with Crippen LogP contribution >= 0.6 is 15.9 Å². The van der Waals surface area contributed by atoms with Gasteiger partial charge >= 0.3 is 12.6 Å². The van der Waals surface area contributed by atoms with Crippen LogP contribution in [-0.4, -0.2) is 22.8 Å². The summed E-state index contributed by atoms with van der Waals surface area (Å²) in [6.07, 6.45) is 2.65. The SMILES string of the molecule is O=C(/C=C/c1ccc(OC(F)F)cc1)OCc1nnc(-c2ccc(Br)o2)o1. The fourth-order valence-corrected chi connectivity index (χ4v) is 2.25. The normalized spacial score (nSPS) is 11.3. The average Bonchev–Trinajstić information content (AvgIpc) is 3.27. The maximum atomic E-state index is 12.1. The first-order valence-corrected chi connectivity index (χ1v) is 8.27.